The van der Waals surface area contributed by atoms with E-state index in [9.17, 15) is 4.79 Å². The van der Waals surface area contributed by atoms with E-state index < -0.39 is 5.97 Å². The summed E-state index contributed by atoms with van der Waals surface area (Å²) in [4.78, 5) is 14.9. The number of carboxylic acid groups (broad SMARTS) is 1. The largest absolute Gasteiger partial charge is 0.476 e. The standard InChI is InChI=1S/C11H10N2O2/c14-11(15)9-6-13-5-1-2-8(7-3-4-7)10(13)12-9/h1-2,5-7H,3-4H2,(H,14,15). The van der Waals surface area contributed by atoms with E-state index in [1.165, 1.54) is 18.4 Å². The van der Waals surface area contributed by atoms with Gasteiger partial charge in [-0.15, -0.1) is 0 Å². The number of fused-ring (bicyclic) bond motifs is 1. The van der Waals surface area contributed by atoms with E-state index in [0.717, 1.165) is 5.65 Å². The van der Waals surface area contributed by atoms with E-state index in [-0.39, 0.29) is 5.69 Å². The van der Waals surface area contributed by atoms with Crippen molar-refractivity contribution in [1.29, 1.82) is 0 Å². The number of hydrogen-bond acceptors (Lipinski definition) is 2. The minimum atomic E-state index is -0.972. The van der Waals surface area contributed by atoms with E-state index in [0.29, 0.717) is 5.92 Å². The molecule has 4 nitrogen and oxygen atoms in total. The second kappa shape index (κ2) is 2.82. The third-order valence-corrected chi connectivity index (χ3v) is 2.75. The van der Waals surface area contributed by atoms with Crippen LogP contribution in [0.5, 0.6) is 0 Å². The molecule has 1 saturated carbocycles. The van der Waals surface area contributed by atoms with Crippen LogP contribution < -0.4 is 0 Å². The molecular formula is C11H10N2O2. The summed E-state index contributed by atoms with van der Waals surface area (Å²) in [6.07, 6.45) is 5.77. The number of carboxylic acids is 1. The number of imidazole rings is 1. The second-order valence-corrected chi connectivity index (χ2v) is 3.90. The lowest BCUT2D eigenvalue weighted by Crippen LogP contribution is -1.95. The molecule has 2 aromatic heterocycles. The topological polar surface area (TPSA) is 54.6 Å². The highest BCUT2D eigenvalue weighted by atomic mass is 16.4. The van der Waals surface area contributed by atoms with Crippen LogP contribution in [-0.4, -0.2) is 20.5 Å². The van der Waals surface area contributed by atoms with Crippen molar-refractivity contribution in [2.75, 3.05) is 0 Å². The Morgan fingerprint density at radius 1 is 1.53 bits per heavy atom. The van der Waals surface area contributed by atoms with Crippen LogP contribution >= 0.6 is 0 Å². The van der Waals surface area contributed by atoms with Gasteiger partial charge in [0.1, 0.15) is 5.65 Å². The molecule has 1 N–H and O–H groups in total. The van der Waals surface area contributed by atoms with Crippen molar-refractivity contribution in [3.63, 3.8) is 0 Å². The molecule has 0 spiro atoms. The van der Waals surface area contributed by atoms with Crippen LogP contribution in [0.3, 0.4) is 0 Å². The molecule has 15 heavy (non-hydrogen) atoms. The van der Waals surface area contributed by atoms with Gasteiger partial charge in [-0.3, -0.25) is 0 Å². The lowest BCUT2D eigenvalue weighted by molar-refractivity contribution is 0.0691. The SMILES string of the molecule is O=C(O)c1cn2cccc(C3CC3)c2n1. The summed E-state index contributed by atoms with van der Waals surface area (Å²) in [6, 6.07) is 3.97. The Hall–Kier alpha value is -1.84. The van der Waals surface area contributed by atoms with Gasteiger partial charge in [-0.2, -0.15) is 0 Å². The van der Waals surface area contributed by atoms with Gasteiger partial charge < -0.3 is 9.51 Å². The number of hydrogen-bond donors (Lipinski definition) is 1. The van der Waals surface area contributed by atoms with Crippen molar-refractivity contribution >= 4 is 11.6 Å². The first-order chi connectivity index (χ1) is 7.25. The molecule has 0 saturated heterocycles. The summed E-state index contributed by atoms with van der Waals surface area (Å²) in [5.41, 5.74) is 2.07. The summed E-state index contributed by atoms with van der Waals surface area (Å²) >= 11 is 0. The lowest BCUT2D eigenvalue weighted by atomic mass is 10.2. The van der Waals surface area contributed by atoms with Gasteiger partial charge in [0, 0.05) is 12.4 Å². The Labute approximate surface area is 86.2 Å². The Kier molecular flexibility index (Phi) is 1.59. The van der Waals surface area contributed by atoms with E-state index >= 15 is 0 Å². The molecule has 1 aliphatic rings. The third-order valence-electron chi connectivity index (χ3n) is 2.75. The maximum absolute atomic E-state index is 10.8. The molecule has 0 bridgehead atoms. The summed E-state index contributed by atoms with van der Waals surface area (Å²) in [5, 5.41) is 8.86. The van der Waals surface area contributed by atoms with Gasteiger partial charge in [-0.25, -0.2) is 9.78 Å². The van der Waals surface area contributed by atoms with Gasteiger partial charge >= 0.3 is 5.97 Å². The monoisotopic (exact) mass is 202 g/mol. The number of pyridine rings is 1. The van der Waals surface area contributed by atoms with Crippen molar-refractivity contribution < 1.29 is 9.90 Å². The summed E-state index contributed by atoms with van der Waals surface area (Å²) in [7, 11) is 0. The fraction of sp³-hybridized carbons (Fsp3) is 0.273. The highest BCUT2D eigenvalue weighted by molar-refractivity contribution is 5.86. The Balaban J connectivity index is 2.24. The zero-order chi connectivity index (χ0) is 10.4. The average Bonchev–Trinajstić information content (AvgIpc) is 2.95. The molecule has 4 heteroatoms. The first kappa shape index (κ1) is 8.47. The molecule has 0 aliphatic heterocycles. The van der Waals surface area contributed by atoms with Gasteiger partial charge in [-0.1, -0.05) is 6.07 Å². The molecule has 0 atom stereocenters. The number of aromatic nitrogens is 2. The van der Waals surface area contributed by atoms with Crippen molar-refractivity contribution in [1.82, 2.24) is 9.38 Å². The maximum Gasteiger partial charge on any atom is 0.356 e. The molecule has 1 fully saturated rings. The number of rotatable bonds is 2. The molecule has 3 rings (SSSR count). The Morgan fingerprint density at radius 3 is 3.00 bits per heavy atom. The van der Waals surface area contributed by atoms with Crippen molar-refractivity contribution in [3.05, 3.63) is 35.8 Å². The van der Waals surface area contributed by atoms with Gasteiger partial charge in [0.25, 0.3) is 0 Å². The van der Waals surface area contributed by atoms with Gasteiger partial charge in [0.2, 0.25) is 0 Å². The Bertz CT molecular complexity index is 541. The minimum absolute atomic E-state index is 0.114. The molecular weight excluding hydrogens is 192 g/mol. The highest BCUT2D eigenvalue weighted by Gasteiger charge is 2.26. The van der Waals surface area contributed by atoms with Crippen LogP contribution in [0.1, 0.15) is 34.8 Å². The third kappa shape index (κ3) is 1.29. The normalized spacial score (nSPS) is 15.7. The van der Waals surface area contributed by atoms with Crippen LogP contribution in [0, 0.1) is 0 Å². The molecule has 76 valence electrons. The lowest BCUT2D eigenvalue weighted by Gasteiger charge is -1.99. The summed E-state index contributed by atoms with van der Waals surface area (Å²) in [6.45, 7) is 0. The van der Waals surface area contributed by atoms with Crippen LogP contribution in [0.25, 0.3) is 5.65 Å². The van der Waals surface area contributed by atoms with E-state index in [1.54, 1.807) is 10.6 Å². The second-order valence-electron chi connectivity index (χ2n) is 3.90. The zero-order valence-corrected chi connectivity index (χ0v) is 8.05. The van der Waals surface area contributed by atoms with Crippen LogP contribution in [0.2, 0.25) is 0 Å². The predicted molar refractivity (Wildman–Crippen MR) is 54.1 cm³/mol. The highest BCUT2D eigenvalue weighted by Crippen LogP contribution is 2.41. The van der Waals surface area contributed by atoms with Gasteiger partial charge in [-0.05, 0) is 30.4 Å². The molecule has 2 aromatic rings. The smallest absolute Gasteiger partial charge is 0.356 e. The van der Waals surface area contributed by atoms with Crippen LogP contribution in [-0.2, 0) is 0 Å². The average molecular weight is 202 g/mol. The summed E-state index contributed by atoms with van der Waals surface area (Å²) in [5.74, 6) is -0.391. The fourth-order valence-electron chi connectivity index (χ4n) is 1.85. The van der Waals surface area contributed by atoms with Crippen LogP contribution in [0.4, 0.5) is 0 Å². The van der Waals surface area contributed by atoms with Crippen molar-refractivity contribution in [2.24, 2.45) is 0 Å². The van der Waals surface area contributed by atoms with Crippen molar-refractivity contribution in [2.45, 2.75) is 18.8 Å². The number of nitrogens with zero attached hydrogens (tertiary/aromatic N) is 2. The maximum atomic E-state index is 10.8. The van der Waals surface area contributed by atoms with Gasteiger partial charge in [0.05, 0.1) is 0 Å². The molecule has 0 aromatic carbocycles. The van der Waals surface area contributed by atoms with E-state index in [2.05, 4.69) is 4.98 Å². The minimum Gasteiger partial charge on any atom is -0.476 e. The first-order valence-electron chi connectivity index (χ1n) is 4.96. The molecule has 2 heterocycles. The predicted octanol–water partition coefficient (Wildman–Crippen LogP) is 1.91. The van der Waals surface area contributed by atoms with E-state index in [4.69, 9.17) is 5.11 Å². The molecule has 1 aliphatic carbocycles. The molecule has 0 unspecified atom stereocenters. The van der Waals surface area contributed by atoms with Crippen molar-refractivity contribution in [3.8, 4) is 0 Å². The molecule has 0 radical (unpaired) electrons. The Morgan fingerprint density at radius 2 is 2.33 bits per heavy atom. The van der Waals surface area contributed by atoms with Gasteiger partial charge in [0.15, 0.2) is 5.69 Å². The first-order valence-corrected chi connectivity index (χ1v) is 4.96. The van der Waals surface area contributed by atoms with Crippen LogP contribution in [0.15, 0.2) is 24.5 Å². The number of carbonyl (C=O) groups is 1. The number of aromatic carboxylic acids is 1. The summed E-state index contributed by atoms with van der Waals surface area (Å²) < 4.78 is 1.79. The molecule has 0 amide bonds. The van der Waals surface area contributed by atoms with E-state index in [1.807, 2.05) is 18.3 Å². The fourth-order valence-corrected chi connectivity index (χ4v) is 1.85. The zero-order valence-electron chi connectivity index (χ0n) is 8.05. The quantitative estimate of drug-likeness (QED) is 0.809.